The summed E-state index contributed by atoms with van der Waals surface area (Å²) in [6.45, 7) is 5.67. The van der Waals surface area contributed by atoms with Gasteiger partial charge in [0.1, 0.15) is 0 Å². The summed E-state index contributed by atoms with van der Waals surface area (Å²) in [5.41, 5.74) is 1.28. The maximum absolute atomic E-state index is 12.4. The minimum absolute atomic E-state index is 0.0913. The fraction of sp³-hybridized carbons (Fsp3) is 0.833. The molecule has 23 heavy (non-hydrogen) atoms. The Bertz CT molecular complexity index is 444. The highest BCUT2D eigenvalue weighted by molar-refractivity contribution is 5.75. The number of aliphatic hydroxyl groups is 1. The van der Waals surface area contributed by atoms with Crippen LogP contribution in [0.25, 0.3) is 0 Å². The SMILES string of the molecule is CC1=CCCN(C(=O)NC2CCN(C3CCCCC3O)CC2)C1. The van der Waals surface area contributed by atoms with Gasteiger partial charge in [0.05, 0.1) is 6.10 Å². The Morgan fingerprint density at radius 3 is 2.61 bits per heavy atom. The smallest absolute Gasteiger partial charge is 0.317 e. The summed E-state index contributed by atoms with van der Waals surface area (Å²) in [5.74, 6) is 0. The largest absolute Gasteiger partial charge is 0.391 e. The Balaban J connectivity index is 1.44. The van der Waals surface area contributed by atoms with Gasteiger partial charge in [0.15, 0.2) is 0 Å². The number of hydrogen-bond donors (Lipinski definition) is 2. The number of nitrogens with one attached hydrogen (secondary N) is 1. The molecule has 0 aromatic rings. The lowest BCUT2D eigenvalue weighted by Gasteiger charge is -2.42. The second kappa shape index (κ2) is 7.67. The number of hydrogen-bond acceptors (Lipinski definition) is 3. The van der Waals surface area contributed by atoms with E-state index >= 15 is 0 Å². The zero-order valence-electron chi connectivity index (χ0n) is 14.3. The van der Waals surface area contributed by atoms with Gasteiger partial charge >= 0.3 is 6.03 Å². The summed E-state index contributed by atoms with van der Waals surface area (Å²) in [7, 11) is 0. The number of carbonyl (C=O) groups is 1. The molecule has 1 aliphatic carbocycles. The Morgan fingerprint density at radius 2 is 1.91 bits per heavy atom. The van der Waals surface area contributed by atoms with Gasteiger partial charge < -0.3 is 15.3 Å². The zero-order chi connectivity index (χ0) is 16.2. The molecular formula is C18H31N3O2. The standard InChI is InChI=1S/C18H31N3O2/c1-14-5-4-10-21(13-14)18(23)19-15-8-11-20(12-9-15)16-6-2-3-7-17(16)22/h5,15-17,22H,2-4,6-13H2,1H3,(H,19,23). The monoisotopic (exact) mass is 321 g/mol. The van der Waals surface area contributed by atoms with Crippen LogP contribution >= 0.6 is 0 Å². The molecule has 3 rings (SSSR count). The molecule has 0 radical (unpaired) electrons. The summed E-state index contributed by atoms with van der Waals surface area (Å²) in [6.07, 6.45) is 9.50. The van der Waals surface area contributed by atoms with Crippen LogP contribution in [-0.2, 0) is 0 Å². The minimum Gasteiger partial charge on any atom is -0.391 e. The number of carbonyl (C=O) groups excluding carboxylic acids is 1. The fourth-order valence-electron chi connectivity index (χ4n) is 4.24. The van der Waals surface area contributed by atoms with Crippen molar-refractivity contribution >= 4 is 6.03 Å². The van der Waals surface area contributed by atoms with E-state index in [0.717, 1.165) is 64.7 Å². The van der Waals surface area contributed by atoms with Crippen LogP contribution in [0.15, 0.2) is 11.6 Å². The molecule has 2 heterocycles. The summed E-state index contributed by atoms with van der Waals surface area (Å²) >= 11 is 0. The van der Waals surface area contributed by atoms with Crippen molar-refractivity contribution in [3.63, 3.8) is 0 Å². The first-order valence-electron chi connectivity index (χ1n) is 9.26. The Kier molecular flexibility index (Phi) is 5.59. The Hall–Kier alpha value is -1.07. The quantitative estimate of drug-likeness (QED) is 0.766. The Morgan fingerprint density at radius 1 is 1.17 bits per heavy atom. The van der Waals surface area contributed by atoms with Crippen molar-refractivity contribution < 1.29 is 9.90 Å². The number of nitrogens with zero attached hydrogens (tertiary/aromatic N) is 2. The van der Waals surface area contributed by atoms with Gasteiger partial charge in [-0.3, -0.25) is 4.90 Å². The normalized spacial score (nSPS) is 30.9. The highest BCUT2D eigenvalue weighted by Gasteiger charge is 2.32. The van der Waals surface area contributed by atoms with E-state index in [1.54, 1.807) is 0 Å². The van der Waals surface area contributed by atoms with Crippen molar-refractivity contribution in [1.82, 2.24) is 15.1 Å². The van der Waals surface area contributed by atoms with Crippen molar-refractivity contribution in [2.45, 2.75) is 70.1 Å². The molecule has 2 fully saturated rings. The zero-order valence-corrected chi connectivity index (χ0v) is 14.3. The van der Waals surface area contributed by atoms with Crippen molar-refractivity contribution in [3.05, 3.63) is 11.6 Å². The van der Waals surface area contributed by atoms with Gasteiger partial charge in [-0.25, -0.2) is 4.79 Å². The van der Waals surface area contributed by atoms with E-state index < -0.39 is 0 Å². The van der Waals surface area contributed by atoms with Gasteiger partial charge in [0.2, 0.25) is 0 Å². The second-order valence-corrected chi connectivity index (χ2v) is 7.44. The van der Waals surface area contributed by atoms with Crippen molar-refractivity contribution in [2.24, 2.45) is 0 Å². The molecule has 1 saturated carbocycles. The maximum Gasteiger partial charge on any atom is 0.317 e. The van der Waals surface area contributed by atoms with Crippen LogP contribution in [0.5, 0.6) is 0 Å². The highest BCUT2D eigenvalue weighted by Crippen LogP contribution is 2.26. The highest BCUT2D eigenvalue weighted by atomic mass is 16.3. The maximum atomic E-state index is 12.4. The summed E-state index contributed by atoms with van der Waals surface area (Å²) in [4.78, 5) is 16.7. The minimum atomic E-state index is -0.155. The van der Waals surface area contributed by atoms with Crippen molar-refractivity contribution in [1.29, 1.82) is 0 Å². The van der Waals surface area contributed by atoms with Crippen molar-refractivity contribution in [3.8, 4) is 0 Å². The molecule has 0 spiro atoms. The molecule has 130 valence electrons. The summed E-state index contributed by atoms with van der Waals surface area (Å²) in [6, 6.07) is 0.717. The third-order valence-electron chi connectivity index (χ3n) is 5.64. The van der Waals surface area contributed by atoms with Crippen LogP contribution < -0.4 is 5.32 Å². The van der Waals surface area contributed by atoms with E-state index in [4.69, 9.17) is 0 Å². The molecule has 2 amide bonds. The topological polar surface area (TPSA) is 55.8 Å². The number of likely N-dealkylation sites (tertiary alicyclic amines) is 1. The van der Waals surface area contributed by atoms with Gasteiger partial charge in [-0.15, -0.1) is 0 Å². The predicted molar refractivity (Wildman–Crippen MR) is 91.3 cm³/mol. The first-order valence-corrected chi connectivity index (χ1v) is 9.26. The first kappa shape index (κ1) is 16.8. The van der Waals surface area contributed by atoms with Crippen LogP contribution in [0.4, 0.5) is 4.79 Å². The average molecular weight is 321 g/mol. The van der Waals surface area contributed by atoms with Crippen LogP contribution in [0, 0.1) is 0 Å². The molecule has 2 atom stereocenters. The van der Waals surface area contributed by atoms with E-state index in [1.807, 2.05) is 4.90 Å². The molecule has 0 aromatic carbocycles. The van der Waals surface area contributed by atoms with Crippen LogP contribution in [-0.4, -0.2) is 65.3 Å². The van der Waals surface area contributed by atoms with Gasteiger partial charge in [0, 0.05) is 38.3 Å². The fourth-order valence-corrected chi connectivity index (χ4v) is 4.24. The van der Waals surface area contributed by atoms with Gasteiger partial charge in [-0.1, -0.05) is 24.5 Å². The second-order valence-electron chi connectivity index (χ2n) is 7.44. The molecule has 2 aliphatic heterocycles. The van der Waals surface area contributed by atoms with Crippen molar-refractivity contribution in [2.75, 3.05) is 26.2 Å². The number of piperidine rings is 1. The predicted octanol–water partition coefficient (Wildman–Crippen LogP) is 2.12. The first-order chi connectivity index (χ1) is 11.1. The number of urea groups is 1. The molecule has 2 N–H and O–H groups in total. The molecule has 3 aliphatic rings. The van der Waals surface area contributed by atoms with Gasteiger partial charge in [-0.2, -0.15) is 0 Å². The molecule has 0 aromatic heterocycles. The van der Waals surface area contributed by atoms with Gasteiger partial charge in [-0.05, 0) is 39.0 Å². The average Bonchev–Trinajstić information content (AvgIpc) is 2.56. The number of aliphatic hydroxyl groups excluding tert-OH is 1. The molecule has 5 nitrogen and oxygen atoms in total. The summed E-state index contributed by atoms with van der Waals surface area (Å²) < 4.78 is 0. The van der Waals surface area contributed by atoms with E-state index in [9.17, 15) is 9.90 Å². The van der Waals surface area contributed by atoms with Gasteiger partial charge in [0.25, 0.3) is 0 Å². The lowest BCUT2D eigenvalue weighted by molar-refractivity contribution is 0.00753. The molecular weight excluding hydrogens is 290 g/mol. The van der Waals surface area contributed by atoms with Crippen LogP contribution in [0.2, 0.25) is 0 Å². The molecule has 0 bridgehead atoms. The third-order valence-corrected chi connectivity index (χ3v) is 5.64. The molecule has 5 heteroatoms. The summed E-state index contributed by atoms with van der Waals surface area (Å²) in [5, 5.41) is 13.4. The van der Waals surface area contributed by atoms with E-state index in [1.165, 1.54) is 12.0 Å². The Labute approximate surface area is 139 Å². The molecule has 1 saturated heterocycles. The van der Waals surface area contributed by atoms with E-state index in [0.29, 0.717) is 6.04 Å². The number of amides is 2. The lowest BCUT2D eigenvalue weighted by atomic mass is 9.89. The third kappa shape index (κ3) is 4.27. The molecule has 2 unspecified atom stereocenters. The number of rotatable bonds is 2. The van der Waals surface area contributed by atoms with Crippen LogP contribution in [0.3, 0.4) is 0 Å². The van der Waals surface area contributed by atoms with E-state index in [2.05, 4.69) is 23.2 Å². The van der Waals surface area contributed by atoms with Crippen LogP contribution in [0.1, 0.15) is 51.9 Å². The van der Waals surface area contributed by atoms with E-state index in [-0.39, 0.29) is 18.2 Å². The lowest BCUT2D eigenvalue weighted by Crippen LogP contribution is -2.54.